The number of pyridine rings is 1. The Kier molecular flexibility index (Phi) is 11.6. The molecule has 83 heavy (non-hydrogen) atoms. The normalized spacial score (nSPS) is 12.2. The van der Waals surface area contributed by atoms with Crippen LogP contribution in [0, 0.1) is 0 Å². The van der Waals surface area contributed by atoms with Crippen molar-refractivity contribution in [1.82, 2.24) is 18.7 Å². The molecule has 0 aliphatic heterocycles. The molecule has 4 heteroatoms. The lowest BCUT2D eigenvalue weighted by atomic mass is 9.85. The number of rotatable bonds is 8. The lowest BCUT2D eigenvalue weighted by Crippen LogP contribution is -2.10. The highest BCUT2D eigenvalue weighted by Crippen LogP contribution is 2.49. The van der Waals surface area contributed by atoms with E-state index >= 15 is 0 Å². The third-order valence-corrected chi connectivity index (χ3v) is 17.2. The van der Waals surface area contributed by atoms with E-state index in [2.05, 4.69) is 322 Å². The molecule has 0 fully saturated rings. The van der Waals surface area contributed by atoms with E-state index in [1.807, 2.05) is 0 Å². The third kappa shape index (κ3) is 8.31. The number of aromatic nitrogens is 4. The van der Waals surface area contributed by atoms with Crippen molar-refractivity contribution in [2.24, 2.45) is 0 Å². The van der Waals surface area contributed by atoms with Gasteiger partial charge in [0.2, 0.25) is 0 Å². The van der Waals surface area contributed by atoms with E-state index < -0.39 is 0 Å². The Morgan fingerprint density at radius 3 is 1.02 bits per heavy atom. The molecule has 0 radical (unpaired) electrons. The molecule has 4 heterocycles. The predicted molar refractivity (Wildman–Crippen MR) is 352 cm³/mol. The van der Waals surface area contributed by atoms with Crippen LogP contribution in [0.1, 0.15) is 52.7 Å². The van der Waals surface area contributed by atoms with Crippen LogP contribution in [0.2, 0.25) is 0 Å². The van der Waals surface area contributed by atoms with E-state index in [1.54, 1.807) is 0 Å². The van der Waals surface area contributed by atoms with Gasteiger partial charge in [0.05, 0.1) is 61.6 Å². The molecule has 0 aliphatic rings. The van der Waals surface area contributed by atoms with Crippen LogP contribution in [-0.2, 0) is 10.8 Å². The van der Waals surface area contributed by atoms with E-state index in [4.69, 9.17) is 4.98 Å². The zero-order chi connectivity index (χ0) is 56.1. The van der Waals surface area contributed by atoms with Gasteiger partial charge in [0.25, 0.3) is 0 Å². The minimum atomic E-state index is -0.0788. The van der Waals surface area contributed by atoms with Gasteiger partial charge in [-0.05, 0) is 118 Å². The van der Waals surface area contributed by atoms with Crippen LogP contribution in [0.25, 0.3) is 138 Å². The molecule has 0 unspecified atom stereocenters. The zero-order valence-corrected chi connectivity index (χ0v) is 47.7. The van der Waals surface area contributed by atoms with Crippen molar-refractivity contribution in [1.29, 1.82) is 0 Å². The van der Waals surface area contributed by atoms with Gasteiger partial charge in [0, 0.05) is 65.7 Å². The van der Waals surface area contributed by atoms with Crippen molar-refractivity contribution >= 4 is 65.4 Å². The van der Waals surface area contributed by atoms with Crippen LogP contribution in [0.3, 0.4) is 0 Å². The van der Waals surface area contributed by atoms with E-state index in [1.165, 1.54) is 43.4 Å². The molecular formula is C79H62N4. The lowest BCUT2D eigenvalue weighted by molar-refractivity contribution is 0.590. The summed E-state index contributed by atoms with van der Waals surface area (Å²) in [6, 6.07) is 98.8. The topological polar surface area (TPSA) is 27.7 Å². The Morgan fingerprint density at radius 1 is 0.253 bits per heavy atom. The van der Waals surface area contributed by atoms with Gasteiger partial charge in [-0.3, -0.25) is 0 Å². The minimum Gasteiger partial charge on any atom is -0.309 e. The number of nitrogens with zero attached hydrogens (tertiary/aromatic N) is 4. The van der Waals surface area contributed by atoms with Crippen molar-refractivity contribution < 1.29 is 0 Å². The standard InChI is InChI=1S/C79H62N4/c1-78(2,3)55-41-43-75-63(49-55)64-50-56(79(4,5)6)42-44-76(64)83(75)77-65(61-33-17-23-39-73(61)81-69-35-19-13-29-57(69)58-30-14-20-36-70(58)81)45-54(68-48-53(51-25-9-7-10-26-51)47-67(80-68)52-27-11-8-12-28-52)46-66(77)62-34-18-24-40-74(62)82-71-37-21-15-31-59(71)60-32-16-22-38-72(60)82/h7-50H,1-6H3. The molecular weight excluding hydrogens is 1000 g/mol. The van der Waals surface area contributed by atoms with Crippen LogP contribution in [0.4, 0.5) is 0 Å². The van der Waals surface area contributed by atoms with Crippen molar-refractivity contribution in [3.05, 3.63) is 278 Å². The summed E-state index contributed by atoms with van der Waals surface area (Å²) in [6.07, 6.45) is 0. The fraction of sp³-hybridized carbons (Fsp3) is 0.101. The Bertz CT molecular complexity index is 4620. The number of hydrogen-bond donors (Lipinski definition) is 0. The first-order chi connectivity index (χ1) is 40.5. The second-order valence-electron chi connectivity index (χ2n) is 24.4. The zero-order valence-electron chi connectivity index (χ0n) is 47.7. The summed E-state index contributed by atoms with van der Waals surface area (Å²) in [5, 5.41) is 7.33. The summed E-state index contributed by atoms with van der Waals surface area (Å²) in [5.41, 5.74) is 23.1. The summed E-state index contributed by atoms with van der Waals surface area (Å²) >= 11 is 0. The number of benzene rings is 11. The Morgan fingerprint density at radius 2 is 0.602 bits per heavy atom. The van der Waals surface area contributed by atoms with Gasteiger partial charge in [-0.1, -0.05) is 224 Å². The fourth-order valence-corrected chi connectivity index (χ4v) is 13.0. The van der Waals surface area contributed by atoms with E-state index in [0.717, 1.165) is 106 Å². The highest BCUT2D eigenvalue weighted by atomic mass is 15.0. The molecule has 15 aromatic rings. The molecule has 0 amide bonds. The summed E-state index contributed by atoms with van der Waals surface area (Å²) < 4.78 is 7.58. The summed E-state index contributed by atoms with van der Waals surface area (Å²) in [4.78, 5) is 5.72. The van der Waals surface area contributed by atoms with E-state index in [-0.39, 0.29) is 10.8 Å². The maximum Gasteiger partial charge on any atom is 0.0716 e. The molecule has 0 N–H and O–H groups in total. The second kappa shape index (κ2) is 19.3. The first-order valence-corrected chi connectivity index (χ1v) is 29.0. The van der Waals surface area contributed by atoms with Crippen molar-refractivity contribution in [2.75, 3.05) is 0 Å². The SMILES string of the molecule is CC(C)(C)c1ccc2c(c1)c1cc(C(C)(C)C)ccc1n2-c1c(-c2ccccc2-n2c3ccccc3c3ccccc32)cc(-c2cc(-c3ccccc3)cc(-c3ccccc3)n2)cc1-c1ccccc1-n1c2ccccc2c2ccccc21. The minimum absolute atomic E-state index is 0.0788. The van der Waals surface area contributed by atoms with Crippen molar-refractivity contribution in [2.45, 2.75) is 52.4 Å². The molecule has 0 spiro atoms. The van der Waals surface area contributed by atoms with Crippen LogP contribution >= 0.6 is 0 Å². The van der Waals surface area contributed by atoms with Gasteiger partial charge in [-0.15, -0.1) is 0 Å². The van der Waals surface area contributed by atoms with Gasteiger partial charge in [0.1, 0.15) is 0 Å². The van der Waals surface area contributed by atoms with Crippen molar-refractivity contribution in [3.8, 4) is 73.0 Å². The molecule has 0 aliphatic carbocycles. The van der Waals surface area contributed by atoms with Gasteiger partial charge in [0.15, 0.2) is 0 Å². The van der Waals surface area contributed by atoms with Gasteiger partial charge in [-0.25, -0.2) is 4.98 Å². The molecule has 0 atom stereocenters. The number of fused-ring (bicyclic) bond motifs is 9. The van der Waals surface area contributed by atoms with Gasteiger partial charge < -0.3 is 13.7 Å². The highest BCUT2D eigenvalue weighted by Gasteiger charge is 2.29. The Labute approximate surface area is 484 Å². The molecule has 15 rings (SSSR count). The Balaban J connectivity index is 1.15. The van der Waals surface area contributed by atoms with E-state index in [0.29, 0.717) is 0 Å². The molecule has 0 saturated heterocycles. The maximum absolute atomic E-state index is 5.72. The second-order valence-corrected chi connectivity index (χ2v) is 24.4. The molecule has 0 saturated carbocycles. The molecule has 11 aromatic carbocycles. The van der Waals surface area contributed by atoms with Gasteiger partial charge in [-0.2, -0.15) is 0 Å². The number of hydrogen-bond acceptors (Lipinski definition) is 1. The molecule has 4 nitrogen and oxygen atoms in total. The monoisotopic (exact) mass is 1070 g/mol. The number of para-hydroxylation sites is 6. The quantitative estimate of drug-likeness (QED) is 0.149. The molecule has 398 valence electrons. The first-order valence-electron chi connectivity index (χ1n) is 29.0. The third-order valence-electron chi connectivity index (χ3n) is 17.2. The summed E-state index contributed by atoms with van der Waals surface area (Å²) in [7, 11) is 0. The van der Waals surface area contributed by atoms with Gasteiger partial charge >= 0.3 is 0 Å². The molecule has 0 bridgehead atoms. The smallest absolute Gasteiger partial charge is 0.0716 e. The lowest BCUT2D eigenvalue weighted by Gasteiger charge is -2.25. The Hall–Kier alpha value is -10.0. The fourth-order valence-electron chi connectivity index (χ4n) is 13.0. The first kappa shape index (κ1) is 50.0. The molecule has 4 aromatic heterocycles. The van der Waals surface area contributed by atoms with Crippen LogP contribution in [0.15, 0.2) is 267 Å². The largest absolute Gasteiger partial charge is 0.309 e. The predicted octanol–water partition coefficient (Wildman–Crippen LogP) is 21.3. The highest BCUT2D eigenvalue weighted by molar-refractivity contribution is 6.14. The van der Waals surface area contributed by atoms with E-state index in [9.17, 15) is 0 Å². The average Bonchev–Trinajstić information content (AvgIpc) is 3.79. The summed E-state index contributed by atoms with van der Waals surface area (Å²) in [5.74, 6) is 0. The summed E-state index contributed by atoms with van der Waals surface area (Å²) in [6.45, 7) is 13.9. The van der Waals surface area contributed by atoms with Crippen molar-refractivity contribution in [3.63, 3.8) is 0 Å². The van der Waals surface area contributed by atoms with Crippen LogP contribution < -0.4 is 0 Å². The maximum atomic E-state index is 5.72. The van der Waals surface area contributed by atoms with Crippen LogP contribution in [-0.4, -0.2) is 18.7 Å². The average molecular weight is 1070 g/mol. The van der Waals surface area contributed by atoms with Crippen LogP contribution in [0.5, 0.6) is 0 Å².